The molecule has 1 aliphatic carbocycles. The summed E-state index contributed by atoms with van der Waals surface area (Å²) >= 11 is 0. The van der Waals surface area contributed by atoms with E-state index in [-0.39, 0.29) is 0 Å². The predicted octanol–water partition coefficient (Wildman–Crippen LogP) is 2.54. The van der Waals surface area contributed by atoms with E-state index in [1.165, 1.54) is 32.1 Å². The van der Waals surface area contributed by atoms with E-state index in [1.807, 2.05) is 18.5 Å². The number of nitrogens with zero attached hydrogens (tertiary/aromatic N) is 4. The third-order valence-corrected chi connectivity index (χ3v) is 5.18. The monoisotopic (exact) mass is 320 g/mol. The normalized spacial score (nSPS) is 17.0. The fourth-order valence-electron chi connectivity index (χ4n) is 2.90. The molecule has 6 nitrogen and oxygen atoms in total. The van der Waals surface area contributed by atoms with E-state index >= 15 is 0 Å². The second-order valence-corrected chi connectivity index (χ2v) is 6.73. The summed E-state index contributed by atoms with van der Waals surface area (Å²) in [5.74, 6) is 2.72. The van der Waals surface area contributed by atoms with Crippen molar-refractivity contribution in [3.8, 4) is 0 Å². The summed E-state index contributed by atoms with van der Waals surface area (Å²) in [7, 11) is 1.98. The fourth-order valence-corrected chi connectivity index (χ4v) is 2.90. The van der Waals surface area contributed by atoms with Gasteiger partial charge in [-0.25, -0.2) is 4.99 Å². The van der Waals surface area contributed by atoms with Crippen LogP contribution in [0.4, 0.5) is 0 Å². The first-order valence-corrected chi connectivity index (χ1v) is 8.97. The molecule has 1 aromatic heterocycles. The molecular formula is C17H32N6. The van der Waals surface area contributed by atoms with Crippen LogP contribution in [0.2, 0.25) is 0 Å². The molecule has 0 bridgehead atoms. The Balaban J connectivity index is 1.94. The Kier molecular flexibility index (Phi) is 6.42. The molecule has 1 heterocycles. The Bertz CT molecular complexity index is 510. The zero-order chi connectivity index (χ0) is 16.7. The van der Waals surface area contributed by atoms with Crippen LogP contribution in [0.1, 0.15) is 64.0 Å². The third-order valence-electron chi connectivity index (χ3n) is 5.18. The summed E-state index contributed by atoms with van der Waals surface area (Å²) in [5.41, 5.74) is 0.481. The Morgan fingerprint density at radius 2 is 2.04 bits per heavy atom. The van der Waals surface area contributed by atoms with Gasteiger partial charge < -0.3 is 15.2 Å². The molecule has 6 heteroatoms. The first-order valence-electron chi connectivity index (χ1n) is 8.97. The molecule has 0 amide bonds. The highest BCUT2D eigenvalue weighted by Crippen LogP contribution is 2.42. The minimum Gasteiger partial charge on any atom is -0.356 e. The van der Waals surface area contributed by atoms with Crippen molar-refractivity contribution in [3.05, 3.63) is 11.6 Å². The standard InChI is InChI=1S/C17H32N6/c1-5-7-11-18-16(20-13-17(6-2)9-8-10-17)19-12-15-22-21-14(3)23(15)4/h5-13H2,1-4H3,(H2,18,19,20). The van der Waals surface area contributed by atoms with Gasteiger partial charge in [0.25, 0.3) is 0 Å². The van der Waals surface area contributed by atoms with Crippen molar-refractivity contribution >= 4 is 5.96 Å². The maximum absolute atomic E-state index is 4.71. The lowest BCUT2D eigenvalue weighted by Crippen LogP contribution is -2.46. The van der Waals surface area contributed by atoms with Crippen LogP contribution in [0.5, 0.6) is 0 Å². The molecule has 1 fully saturated rings. The Labute approximate surface area is 140 Å². The molecule has 1 saturated carbocycles. The quantitative estimate of drug-likeness (QED) is 0.439. The van der Waals surface area contributed by atoms with Crippen LogP contribution in [-0.2, 0) is 13.6 Å². The topological polar surface area (TPSA) is 67.1 Å². The van der Waals surface area contributed by atoms with Gasteiger partial charge in [-0.3, -0.25) is 0 Å². The molecule has 0 radical (unpaired) electrons. The molecule has 0 aliphatic heterocycles. The van der Waals surface area contributed by atoms with E-state index in [0.717, 1.165) is 37.1 Å². The summed E-state index contributed by atoms with van der Waals surface area (Å²) < 4.78 is 1.99. The number of nitrogens with one attached hydrogen (secondary N) is 2. The number of guanidine groups is 1. The molecule has 1 aliphatic rings. The lowest BCUT2D eigenvalue weighted by Gasteiger charge is -2.41. The van der Waals surface area contributed by atoms with Crippen LogP contribution < -0.4 is 10.6 Å². The Morgan fingerprint density at radius 3 is 2.57 bits per heavy atom. The van der Waals surface area contributed by atoms with Gasteiger partial charge in [0.1, 0.15) is 12.4 Å². The van der Waals surface area contributed by atoms with Gasteiger partial charge in [-0.15, -0.1) is 10.2 Å². The van der Waals surface area contributed by atoms with Gasteiger partial charge >= 0.3 is 0 Å². The fraction of sp³-hybridized carbons (Fsp3) is 0.824. The molecule has 2 N–H and O–H groups in total. The van der Waals surface area contributed by atoms with Gasteiger partial charge in [-0.1, -0.05) is 26.7 Å². The van der Waals surface area contributed by atoms with Crippen molar-refractivity contribution in [1.82, 2.24) is 25.4 Å². The van der Waals surface area contributed by atoms with Crippen molar-refractivity contribution in [2.75, 3.05) is 13.1 Å². The molecule has 0 atom stereocenters. The Morgan fingerprint density at radius 1 is 1.26 bits per heavy atom. The maximum atomic E-state index is 4.71. The number of aromatic nitrogens is 3. The smallest absolute Gasteiger partial charge is 0.191 e. The van der Waals surface area contributed by atoms with Gasteiger partial charge in [-0.2, -0.15) is 0 Å². The summed E-state index contributed by atoms with van der Waals surface area (Å²) in [5, 5.41) is 15.3. The van der Waals surface area contributed by atoms with Crippen LogP contribution in [0.3, 0.4) is 0 Å². The van der Waals surface area contributed by atoms with Crippen molar-refractivity contribution < 1.29 is 0 Å². The van der Waals surface area contributed by atoms with Gasteiger partial charge in [0.2, 0.25) is 0 Å². The lowest BCUT2D eigenvalue weighted by molar-refractivity contribution is 0.131. The minimum atomic E-state index is 0.481. The van der Waals surface area contributed by atoms with Crippen molar-refractivity contribution in [1.29, 1.82) is 0 Å². The maximum Gasteiger partial charge on any atom is 0.191 e. The van der Waals surface area contributed by atoms with Gasteiger partial charge in [-0.05, 0) is 38.0 Å². The van der Waals surface area contributed by atoms with Crippen molar-refractivity contribution in [3.63, 3.8) is 0 Å². The molecule has 23 heavy (non-hydrogen) atoms. The first kappa shape index (κ1) is 17.8. The molecule has 1 aromatic rings. The van der Waals surface area contributed by atoms with E-state index in [0.29, 0.717) is 12.0 Å². The van der Waals surface area contributed by atoms with Gasteiger partial charge in [0.15, 0.2) is 11.8 Å². The summed E-state index contributed by atoms with van der Waals surface area (Å²) in [4.78, 5) is 4.71. The van der Waals surface area contributed by atoms with E-state index in [1.54, 1.807) is 0 Å². The van der Waals surface area contributed by atoms with Crippen LogP contribution >= 0.6 is 0 Å². The summed E-state index contributed by atoms with van der Waals surface area (Å²) in [6.45, 7) is 8.98. The zero-order valence-corrected chi connectivity index (χ0v) is 15.2. The second kappa shape index (κ2) is 8.31. The zero-order valence-electron chi connectivity index (χ0n) is 15.2. The number of aryl methyl sites for hydroxylation is 1. The van der Waals surface area contributed by atoms with E-state index in [4.69, 9.17) is 4.99 Å². The van der Waals surface area contributed by atoms with E-state index < -0.39 is 0 Å². The average Bonchev–Trinajstić information content (AvgIpc) is 2.83. The minimum absolute atomic E-state index is 0.481. The molecular weight excluding hydrogens is 288 g/mol. The molecule has 0 unspecified atom stereocenters. The van der Waals surface area contributed by atoms with E-state index in [2.05, 4.69) is 34.7 Å². The van der Waals surface area contributed by atoms with Crippen LogP contribution in [0, 0.1) is 12.3 Å². The predicted molar refractivity (Wildman–Crippen MR) is 94.4 cm³/mol. The highest BCUT2D eigenvalue weighted by molar-refractivity contribution is 5.79. The highest BCUT2D eigenvalue weighted by Gasteiger charge is 2.34. The lowest BCUT2D eigenvalue weighted by atomic mass is 9.67. The molecule has 0 aromatic carbocycles. The summed E-state index contributed by atoms with van der Waals surface area (Å²) in [6, 6.07) is 0. The first-order chi connectivity index (χ1) is 11.1. The number of hydrogen-bond acceptors (Lipinski definition) is 3. The van der Waals surface area contributed by atoms with Crippen molar-refractivity contribution in [2.24, 2.45) is 17.5 Å². The van der Waals surface area contributed by atoms with Crippen LogP contribution in [0.15, 0.2) is 4.99 Å². The number of unbranched alkanes of at least 4 members (excludes halogenated alkanes) is 1. The van der Waals surface area contributed by atoms with Crippen molar-refractivity contribution in [2.45, 2.75) is 65.8 Å². The molecule has 0 spiro atoms. The number of aliphatic imine (C=N–C) groups is 1. The average molecular weight is 320 g/mol. The second-order valence-electron chi connectivity index (χ2n) is 6.73. The van der Waals surface area contributed by atoms with Crippen LogP contribution in [-0.4, -0.2) is 33.8 Å². The SMILES string of the molecule is CCCCNC(=NCc1nnc(C)n1C)NCC1(CC)CCC1. The van der Waals surface area contributed by atoms with E-state index in [9.17, 15) is 0 Å². The highest BCUT2D eigenvalue weighted by atomic mass is 15.3. The number of rotatable bonds is 8. The number of hydrogen-bond donors (Lipinski definition) is 2. The largest absolute Gasteiger partial charge is 0.356 e. The van der Waals surface area contributed by atoms with Gasteiger partial charge in [0, 0.05) is 20.1 Å². The molecule has 2 rings (SSSR count). The van der Waals surface area contributed by atoms with Gasteiger partial charge in [0.05, 0.1) is 0 Å². The summed E-state index contributed by atoms with van der Waals surface area (Å²) in [6.07, 6.45) is 7.61. The molecule has 0 saturated heterocycles. The van der Waals surface area contributed by atoms with Crippen LogP contribution in [0.25, 0.3) is 0 Å². The Hall–Kier alpha value is -1.59. The third kappa shape index (κ3) is 4.69. The molecule has 130 valence electrons.